The molecule has 0 bridgehead atoms. The first kappa shape index (κ1) is 20.4. The maximum atomic E-state index is 5.43. The summed E-state index contributed by atoms with van der Waals surface area (Å²) in [4.78, 5) is 0. The van der Waals surface area contributed by atoms with Crippen LogP contribution in [0.1, 0.15) is 68.7 Å². The SMILES string of the molecule is C#CC(S)C/C(C)=C/C(=C\C)C(C)(C)C(C)(C)C(C)(C)C. The molecule has 0 saturated carbocycles. The van der Waals surface area contributed by atoms with Gasteiger partial charge in [-0.3, -0.25) is 0 Å². The molecule has 1 unspecified atom stereocenters. The number of terminal acetylenes is 1. The molecule has 0 aromatic carbocycles. The van der Waals surface area contributed by atoms with E-state index in [1.807, 2.05) is 0 Å². The van der Waals surface area contributed by atoms with Crippen LogP contribution in [-0.4, -0.2) is 5.25 Å². The van der Waals surface area contributed by atoms with Crippen molar-refractivity contribution in [2.75, 3.05) is 0 Å². The van der Waals surface area contributed by atoms with Gasteiger partial charge < -0.3 is 0 Å². The molecule has 120 valence electrons. The van der Waals surface area contributed by atoms with Gasteiger partial charge in [0.15, 0.2) is 0 Å². The smallest absolute Gasteiger partial charge is 0.0661 e. The second-order valence-corrected chi connectivity index (χ2v) is 8.74. The monoisotopic (exact) mass is 306 g/mol. The molecular formula is C20H34S. The highest BCUT2D eigenvalue weighted by molar-refractivity contribution is 7.81. The lowest BCUT2D eigenvalue weighted by Gasteiger charge is -2.51. The molecule has 0 saturated heterocycles. The van der Waals surface area contributed by atoms with Gasteiger partial charge in [0.05, 0.1) is 5.25 Å². The molecule has 0 amide bonds. The molecule has 0 N–H and O–H groups in total. The maximum Gasteiger partial charge on any atom is 0.0661 e. The predicted molar refractivity (Wildman–Crippen MR) is 101 cm³/mol. The zero-order valence-electron chi connectivity index (χ0n) is 15.5. The van der Waals surface area contributed by atoms with Crippen molar-refractivity contribution in [2.24, 2.45) is 16.2 Å². The average molecular weight is 307 g/mol. The van der Waals surface area contributed by atoms with Crippen molar-refractivity contribution in [2.45, 2.75) is 74.0 Å². The zero-order valence-corrected chi connectivity index (χ0v) is 16.4. The third-order valence-corrected chi connectivity index (χ3v) is 5.91. The average Bonchev–Trinajstić information content (AvgIpc) is 2.33. The van der Waals surface area contributed by atoms with Crippen LogP contribution in [0.2, 0.25) is 0 Å². The summed E-state index contributed by atoms with van der Waals surface area (Å²) >= 11 is 4.40. The van der Waals surface area contributed by atoms with Crippen molar-refractivity contribution in [3.05, 3.63) is 23.3 Å². The fraction of sp³-hybridized carbons (Fsp3) is 0.700. The van der Waals surface area contributed by atoms with Gasteiger partial charge in [0.2, 0.25) is 0 Å². The van der Waals surface area contributed by atoms with E-state index in [-0.39, 0.29) is 21.5 Å². The second-order valence-electron chi connectivity index (χ2n) is 8.12. The first-order chi connectivity index (χ1) is 9.31. The first-order valence-electron chi connectivity index (χ1n) is 7.79. The Hall–Kier alpha value is -0.610. The third-order valence-electron chi connectivity index (χ3n) is 5.58. The summed E-state index contributed by atoms with van der Waals surface area (Å²) in [5, 5.41) is -0.00176. The van der Waals surface area contributed by atoms with E-state index in [0.29, 0.717) is 0 Å². The van der Waals surface area contributed by atoms with Gasteiger partial charge in [0, 0.05) is 0 Å². The van der Waals surface area contributed by atoms with Crippen LogP contribution in [0.15, 0.2) is 23.3 Å². The highest BCUT2D eigenvalue weighted by Crippen LogP contribution is 2.54. The van der Waals surface area contributed by atoms with Crippen molar-refractivity contribution in [3.8, 4) is 12.3 Å². The Kier molecular flexibility index (Phi) is 6.89. The van der Waals surface area contributed by atoms with E-state index in [4.69, 9.17) is 6.42 Å². The quantitative estimate of drug-likeness (QED) is 0.344. The van der Waals surface area contributed by atoms with Gasteiger partial charge in [-0.05, 0) is 42.1 Å². The number of rotatable bonds is 5. The summed E-state index contributed by atoms with van der Waals surface area (Å²) in [5.74, 6) is 2.68. The van der Waals surface area contributed by atoms with Crippen molar-refractivity contribution in [1.29, 1.82) is 0 Å². The fourth-order valence-electron chi connectivity index (χ4n) is 2.61. The zero-order chi connectivity index (χ0) is 17.1. The predicted octanol–water partition coefficient (Wildman–Crippen LogP) is 6.30. The molecule has 0 spiro atoms. The molecule has 0 aliphatic rings. The van der Waals surface area contributed by atoms with Gasteiger partial charge >= 0.3 is 0 Å². The summed E-state index contributed by atoms with van der Waals surface area (Å²) in [6, 6.07) is 0. The van der Waals surface area contributed by atoms with E-state index in [9.17, 15) is 0 Å². The van der Waals surface area contributed by atoms with Gasteiger partial charge in [0.1, 0.15) is 0 Å². The number of allylic oxidation sites excluding steroid dienone is 4. The molecule has 0 heterocycles. The molecule has 21 heavy (non-hydrogen) atoms. The van der Waals surface area contributed by atoms with Gasteiger partial charge in [-0.2, -0.15) is 12.6 Å². The Morgan fingerprint density at radius 1 is 1.14 bits per heavy atom. The van der Waals surface area contributed by atoms with Crippen LogP contribution in [0.25, 0.3) is 0 Å². The van der Waals surface area contributed by atoms with E-state index in [1.54, 1.807) is 0 Å². The molecule has 0 aromatic heterocycles. The minimum absolute atomic E-state index is 0.00176. The topological polar surface area (TPSA) is 0 Å². The normalized spacial score (nSPS) is 16.6. The van der Waals surface area contributed by atoms with Crippen LogP contribution in [0.5, 0.6) is 0 Å². The van der Waals surface area contributed by atoms with E-state index < -0.39 is 0 Å². The minimum atomic E-state index is -0.00176. The standard InChI is InChI=1S/C20H34S/c1-11-16(13-15(3)14-17(21)12-2)19(7,8)20(9,10)18(4,5)6/h2,11,13,17,21H,14H2,1,3-10H3/b15-13+,16-11+. The number of thiol groups is 1. The van der Waals surface area contributed by atoms with Crippen molar-refractivity contribution < 1.29 is 0 Å². The van der Waals surface area contributed by atoms with E-state index in [1.165, 1.54) is 11.1 Å². The van der Waals surface area contributed by atoms with Crippen LogP contribution >= 0.6 is 12.6 Å². The van der Waals surface area contributed by atoms with Crippen LogP contribution in [0, 0.1) is 28.6 Å². The molecule has 1 atom stereocenters. The van der Waals surface area contributed by atoms with Gasteiger partial charge in [0.25, 0.3) is 0 Å². The summed E-state index contributed by atoms with van der Waals surface area (Å²) in [6.07, 6.45) is 10.8. The van der Waals surface area contributed by atoms with E-state index in [2.05, 4.69) is 93.0 Å². The van der Waals surface area contributed by atoms with Crippen LogP contribution in [0.3, 0.4) is 0 Å². The van der Waals surface area contributed by atoms with Crippen molar-refractivity contribution in [1.82, 2.24) is 0 Å². The third kappa shape index (κ3) is 4.68. The Morgan fingerprint density at radius 3 is 1.95 bits per heavy atom. The summed E-state index contributed by atoms with van der Waals surface area (Å²) < 4.78 is 0. The Bertz CT molecular complexity index is 447. The van der Waals surface area contributed by atoms with Crippen LogP contribution in [0.4, 0.5) is 0 Å². The largest absolute Gasteiger partial charge is 0.162 e. The summed E-state index contributed by atoms with van der Waals surface area (Å²) in [5.41, 5.74) is 3.11. The lowest BCUT2D eigenvalue weighted by Crippen LogP contribution is -2.43. The van der Waals surface area contributed by atoms with Crippen molar-refractivity contribution in [3.63, 3.8) is 0 Å². The Morgan fingerprint density at radius 2 is 1.62 bits per heavy atom. The number of hydrogen-bond acceptors (Lipinski definition) is 1. The summed E-state index contributed by atoms with van der Waals surface area (Å²) in [6.45, 7) is 20.6. The fourth-order valence-corrected chi connectivity index (χ4v) is 2.90. The molecular weight excluding hydrogens is 272 g/mol. The number of hydrogen-bond donors (Lipinski definition) is 1. The molecule has 0 radical (unpaired) electrons. The highest BCUT2D eigenvalue weighted by atomic mass is 32.1. The lowest BCUT2D eigenvalue weighted by molar-refractivity contribution is 0.0198. The molecule has 0 nitrogen and oxygen atoms in total. The highest BCUT2D eigenvalue weighted by Gasteiger charge is 2.46. The first-order valence-corrected chi connectivity index (χ1v) is 8.31. The molecule has 0 aromatic rings. The van der Waals surface area contributed by atoms with Crippen molar-refractivity contribution >= 4 is 12.6 Å². The molecule has 0 rings (SSSR count). The second kappa shape index (κ2) is 7.10. The van der Waals surface area contributed by atoms with Crippen LogP contribution < -0.4 is 0 Å². The van der Waals surface area contributed by atoms with Gasteiger partial charge in [-0.1, -0.05) is 72.1 Å². The summed E-state index contributed by atoms with van der Waals surface area (Å²) in [7, 11) is 0. The maximum absolute atomic E-state index is 5.43. The van der Waals surface area contributed by atoms with Gasteiger partial charge in [-0.15, -0.1) is 6.42 Å². The van der Waals surface area contributed by atoms with E-state index in [0.717, 1.165) is 6.42 Å². The van der Waals surface area contributed by atoms with Crippen LogP contribution in [-0.2, 0) is 0 Å². The van der Waals surface area contributed by atoms with E-state index >= 15 is 0 Å². The Balaban J connectivity index is 5.58. The van der Waals surface area contributed by atoms with Gasteiger partial charge in [-0.25, -0.2) is 0 Å². The Labute approximate surface area is 138 Å². The molecule has 0 aliphatic carbocycles. The molecule has 0 fully saturated rings. The lowest BCUT2D eigenvalue weighted by atomic mass is 9.53. The molecule has 0 aliphatic heterocycles. The minimum Gasteiger partial charge on any atom is -0.162 e. The molecule has 1 heteroatoms.